The van der Waals surface area contributed by atoms with Crippen molar-refractivity contribution in [2.75, 3.05) is 14.2 Å². The molecule has 0 saturated carbocycles. The summed E-state index contributed by atoms with van der Waals surface area (Å²) in [6, 6.07) is 7.27. The maximum atomic E-state index is 13.7. The fourth-order valence-electron chi connectivity index (χ4n) is 1.91. The number of pyridine rings is 1. The van der Waals surface area contributed by atoms with Crippen molar-refractivity contribution in [3.63, 3.8) is 0 Å². The van der Waals surface area contributed by atoms with E-state index in [2.05, 4.69) is 10.3 Å². The van der Waals surface area contributed by atoms with E-state index < -0.39 is 11.6 Å². The molecule has 0 aliphatic carbocycles. The zero-order chi connectivity index (χ0) is 13.8. The van der Waals surface area contributed by atoms with Gasteiger partial charge in [-0.05, 0) is 36.9 Å². The van der Waals surface area contributed by atoms with Gasteiger partial charge in [0, 0.05) is 0 Å². The fourth-order valence-corrected chi connectivity index (χ4v) is 1.91. The highest BCUT2D eigenvalue weighted by Crippen LogP contribution is 2.25. The number of ether oxygens (including phenoxy) is 1. The zero-order valence-electron chi connectivity index (χ0n) is 10.7. The minimum Gasteiger partial charge on any atom is -0.494 e. The van der Waals surface area contributed by atoms with E-state index in [1.54, 1.807) is 25.2 Å². The fraction of sp³-hybridized carbons (Fsp3) is 0.214. The van der Waals surface area contributed by atoms with Crippen molar-refractivity contribution in [3.05, 3.63) is 59.4 Å². The van der Waals surface area contributed by atoms with Gasteiger partial charge < -0.3 is 10.1 Å². The second-order valence-electron chi connectivity index (χ2n) is 4.02. The van der Waals surface area contributed by atoms with E-state index >= 15 is 0 Å². The van der Waals surface area contributed by atoms with Crippen LogP contribution in [-0.4, -0.2) is 19.1 Å². The summed E-state index contributed by atoms with van der Waals surface area (Å²) in [6.45, 7) is 0. The summed E-state index contributed by atoms with van der Waals surface area (Å²) >= 11 is 0. The number of rotatable bonds is 4. The van der Waals surface area contributed by atoms with Gasteiger partial charge in [0.1, 0.15) is 5.82 Å². The minimum atomic E-state index is -0.442. The first kappa shape index (κ1) is 13.4. The van der Waals surface area contributed by atoms with Crippen LogP contribution in [0.2, 0.25) is 0 Å². The molecule has 1 heterocycles. The first-order valence-electron chi connectivity index (χ1n) is 5.78. The lowest BCUT2D eigenvalue weighted by atomic mass is 10.0. The molecule has 0 aliphatic rings. The minimum absolute atomic E-state index is 0.186. The predicted octanol–water partition coefficient (Wildman–Crippen LogP) is 2.68. The van der Waals surface area contributed by atoms with Gasteiger partial charge in [0.05, 0.1) is 25.0 Å². The number of hydrogen-bond donors (Lipinski definition) is 1. The lowest BCUT2D eigenvalue weighted by molar-refractivity contribution is 0.386. The van der Waals surface area contributed by atoms with E-state index in [-0.39, 0.29) is 11.8 Å². The zero-order valence-corrected chi connectivity index (χ0v) is 10.7. The molecular formula is C14H14F2N2O. The van der Waals surface area contributed by atoms with Crippen molar-refractivity contribution in [2.24, 2.45) is 0 Å². The molecule has 1 unspecified atom stereocenters. The Kier molecular flexibility index (Phi) is 4.06. The highest BCUT2D eigenvalue weighted by molar-refractivity contribution is 5.34. The molecule has 2 aromatic rings. The third-order valence-electron chi connectivity index (χ3n) is 2.84. The second-order valence-corrected chi connectivity index (χ2v) is 4.02. The van der Waals surface area contributed by atoms with Crippen LogP contribution in [0.3, 0.4) is 0 Å². The van der Waals surface area contributed by atoms with Crippen LogP contribution in [-0.2, 0) is 0 Å². The van der Waals surface area contributed by atoms with Gasteiger partial charge in [0.2, 0.25) is 0 Å². The lowest BCUT2D eigenvalue weighted by Gasteiger charge is -2.16. The Hall–Kier alpha value is -2.01. The summed E-state index contributed by atoms with van der Waals surface area (Å²) in [5, 5.41) is 3.03. The summed E-state index contributed by atoms with van der Waals surface area (Å²) < 4.78 is 31.4. The predicted molar refractivity (Wildman–Crippen MR) is 68.0 cm³/mol. The SMILES string of the molecule is CNC(c1ccc(OC)c(F)c1)c1ccc(F)cn1. The quantitative estimate of drug-likeness (QED) is 0.922. The third-order valence-corrected chi connectivity index (χ3v) is 2.84. The van der Waals surface area contributed by atoms with E-state index in [1.807, 2.05) is 0 Å². The Morgan fingerprint density at radius 1 is 1.21 bits per heavy atom. The van der Waals surface area contributed by atoms with Gasteiger partial charge in [0.25, 0.3) is 0 Å². The van der Waals surface area contributed by atoms with Gasteiger partial charge in [0.15, 0.2) is 11.6 Å². The normalized spacial score (nSPS) is 12.2. The summed E-state index contributed by atoms with van der Waals surface area (Å²) in [5.41, 5.74) is 1.31. The van der Waals surface area contributed by atoms with Crippen molar-refractivity contribution in [1.82, 2.24) is 10.3 Å². The molecule has 100 valence electrons. The third kappa shape index (κ3) is 2.88. The van der Waals surface area contributed by atoms with Gasteiger partial charge in [-0.15, -0.1) is 0 Å². The van der Waals surface area contributed by atoms with Gasteiger partial charge in [-0.25, -0.2) is 8.78 Å². The number of methoxy groups -OCH3 is 1. The van der Waals surface area contributed by atoms with Crippen LogP contribution in [0.15, 0.2) is 36.5 Å². The van der Waals surface area contributed by atoms with Gasteiger partial charge in [-0.3, -0.25) is 4.98 Å². The lowest BCUT2D eigenvalue weighted by Crippen LogP contribution is -2.19. The molecule has 1 atom stereocenters. The molecule has 1 N–H and O–H groups in total. The molecule has 0 radical (unpaired) electrons. The van der Waals surface area contributed by atoms with Gasteiger partial charge in [-0.1, -0.05) is 6.07 Å². The maximum absolute atomic E-state index is 13.7. The average molecular weight is 264 g/mol. The van der Waals surface area contributed by atoms with Crippen molar-refractivity contribution in [3.8, 4) is 5.75 Å². The molecule has 1 aromatic heterocycles. The Morgan fingerprint density at radius 2 is 2.00 bits per heavy atom. The van der Waals surface area contributed by atoms with E-state index in [1.165, 1.54) is 19.2 Å². The molecule has 0 amide bonds. The van der Waals surface area contributed by atoms with E-state index in [9.17, 15) is 8.78 Å². The standard InChI is InChI=1S/C14H14F2N2O/c1-17-14(12-5-4-10(15)8-18-12)9-3-6-13(19-2)11(16)7-9/h3-8,14,17H,1-2H3. The molecule has 0 saturated heterocycles. The molecule has 1 aromatic carbocycles. The summed E-state index contributed by atoms with van der Waals surface area (Å²) in [7, 11) is 3.15. The molecule has 0 bridgehead atoms. The Labute approximate surface area is 110 Å². The molecule has 19 heavy (non-hydrogen) atoms. The summed E-state index contributed by atoms with van der Waals surface area (Å²) in [4.78, 5) is 4.01. The Bertz CT molecular complexity index is 558. The molecular weight excluding hydrogens is 250 g/mol. The number of aromatic nitrogens is 1. The highest BCUT2D eigenvalue weighted by atomic mass is 19.1. The summed E-state index contributed by atoms with van der Waals surface area (Å²) in [5.74, 6) is -0.660. The Balaban J connectivity index is 2.36. The smallest absolute Gasteiger partial charge is 0.165 e. The average Bonchev–Trinajstić information content (AvgIpc) is 2.42. The topological polar surface area (TPSA) is 34.1 Å². The van der Waals surface area contributed by atoms with Crippen molar-refractivity contribution in [1.29, 1.82) is 0 Å². The van der Waals surface area contributed by atoms with Gasteiger partial charge in [-0.2, -0.15) is 0 Å². The van der Waals surface area contributed by atoms with Gasteiger partial charge >= 0.3 is 0 Å². The largest absolute Gasteiger partial charge is 0.494 e. The van der Waals surface area contributed by atoms with E-state index in [4.69, 9.17) is 4.74 Å². The molecule has 0 aliphatic heterocycles. The molecule has 2 rings (SSSR count). The molecule has 0 spiro atoms. The van der Waals surface area contributed by atoms with Crippen LogP contribution in [0.4, 0.5) is 8.78 Å². The Morgan fingerprint density at radius 3 is 2.53 bits per heavy atom. The molecule has 5 heteroatoms. The summed E-state index contributed by atoms with van der Waals surface area (Å²) in [6.07, 6.45) is 1.14. The van der Waals surface area contributed by atoms with Crippen LogP contribution in [0.25, 0.3) is 0 Å². The molecule has 0 fully saturated rings. The van der Waals surface area contributed by atoms with E-state index in [0.29, 0.717) is 11.3 Å². The van der Waals surface area contributed by atoms with Crippen molar-refractivity contribution in [2.45, 2.75) is 6.04 Å². The van der Waals surface area contributed by atoms with E-state index in [0.717, 1.165) is 6.20 Å². The first-order valence-corrected chi connectivity index (χ1v) is 5.78. The van der Waals surface area contributed by atoms with Crippen LogP contribution in [0, 0.1) is 11.6 Å². The van der Waals surface area contributed by atoms with Crippen molar-refractivity contribution < 1.29 is 13.5 Å². The van der Waals surface area contributed by atoms with Crippen molar-refractivity contribution >= 4 is 0 Å². The number of nitrogens with one attached hydrogen (secondary N) is 1. The monoisotopic (exact) mass is 264 g/mol. The van der Waals surface area contributed by atoms with Crippen LogP contribution in [0.1, 0.15) is 17.3 Å². The van der Waals surface area contributed by atoms with Crippen LogP contribution >= 0.6 is 0 Å². The molecule has 3 nitrogen and oxygen atoms in total. The maximum Gasteiger partial charge on any atom is 0.165 e. The first-order chi connectivity index (χ1) is 9.15. The van der Waals surface area contributed by atoms with Crippen LogP contribution in [0.5, 0.6) is 5.75 Å². The number of benzene rings is 1. The number of hydrogen-bond acceptors (Lipinski definition) is 3. The number of nitrogens with zero attached hydrogens (tertiary/aromatic N) is 1. The highest BCUT2D eigenvalue weighted by Gasteiger charge is 2.15. The second kappa shape index (κ2) is 5.75. The van der Waals surface area contributed by atoms with Crippen LogP contribution < -0.4 is 10.1 Å². The number of halogens is 2.